The lowest BCUT2D eigenvalue weighted by molar-refractivity contribution is 0.00727. The molecule has 0 aromatic carbocycles. The van der Waals surface area contributed by atoms with E-state index in [1.165, 1.54) is 12.8 Å². The Labute approximate surface area is 108 Å². The zero-order chi connectivity index (χ0) is 12.8. The van der Waals surface area contributed by atoms with E-state index < -0.39 is 0 Å². The van der Waals surface area contributed by atoms with Crippen LogP contribution >= 0.6 is 0 Å². The summed E-state index contributed by atoms with van der Waals surface area (Å²) in [6.07, 6.45) is 8.22. The summed E-state index contributed by atoms with van der Waals surface area (Å²) in [5.41, 5.74) is 7.24. The van der Waals surface area contributed by atoms with Crippen LogP contribution in [0.2, 0.25) is 0 Å². The van der Waals surface area contributed by atoms with Gasteiger partial charge in [-0.3, -0.25) is 4.98 Å². The van der Waals surface area contributed by atoms with Gasteiger partial charge in [0.1, 0.15) is 5.75 Å². The smallest absolute Gasteiger partial charge is 0.137 e. The molecule has 2 rings (SSSR count). The Bertz CT molecular complexity index is 365. The molecular formula is C14H22N2O2. The molecule has 1 aliphatic heterocycles. The number of hydrogen-bond donors (Lipinski definition) is 1. The lowest BCUT2D eigenvalue weighted by Gasteiger charge is -2.25. The second-order valence-electron chi connectivity index (χ2n) is 4.72. The molecule has 4 heteroatoms. The third-order valence-electron chi connectivity index (χ3n) is 3.26. The lowest BCUT2D eigenvalue weighted by atomic mass is 9.98. The van der Waals surface area contributed by atoms with Gasteiger partial charge in [-0.2, -0.15) is 0 Å². The normalized spacial score (nSPS) is 21.6. The van der Waals surface area contributed by atoms with Crippen LogP contribution < -0.4 is 10.5 Å². The number of nitrogens with two attached hydrogens (primary N) is 1. The van der Waals surface area contributed by atoms with Crippen molar-refractivity contribution in [3.05, 3.63) is 24.0 Å². The average molecular weight is 250 g/mol. The number of aromatic nitrogens is 1. The maximum Gasteiger partial charge on any atom is 0.137 e. The molecule has 0 bridgehead atoms. The first-order valence-electron chi connectivity index (χ1n) is 6.74. The maximum absolute atomic E-state index is 6.22. The fourth-order valence-electron chi connectivity index (χ4n) is 2.30. The summed E-state index contributed by atoms with van der Waals surface area (Å²) in [6, 6.07) is 1.95. The zero-order valence-corrected chi connectivity index (χ0v) is 11.0. The summed E-state index contributed by atoms with van der Waals surface area (Å²) in [4.78, 5) is 4.17. The summed E-state index contributed by atoms with van der Waals surface area (Å²) in [6.45, 7) is 3.48. The third-order valence-corrected chi connectivity index (χ3v) is 3.26. The number of pyridine rings is 1. The first kappa shape index (κ1) is 13.3. The minimum atomic E-state index is -0.0268. The predicted octanol–water partition coefficient (Wildman–Crippen LogP) is 2.44. The molecule has 0 amide bonds. The molecule has 2 unspecified atom stereocenters. The minimum absolute atomic E-state index is 0.0268. The maximum atomic E-state index is 6.22. The molecule has 1 aromatic rings. The van der Waals surface area contributed by atoms with E-state index in [0.717, 1.165) is 30.8 Å². The molecule has 0 spiro atoms. The molecule has 0 saturated carbocycles. The fourth-order valence-corrected chi connectivity index (χ4v) is 2.30. The summed E-state index contributed by atoms with van der Waals surface area (Å²) in [5, 5.41) is 0. The van der Waals surface area contributed by atoms with Crippen LogP contribution in [0.5, 0.6) is 5.75 Å². The third kappa shape index (κ3) is 3.68. The quantitative estimate of drug-likeness (QED) is 0.872. The molecule has 100 valence electrons. The molecule has 2 N–H and O–H groups in total. The van der Waals surface area contributed by atoms with E-state index in [2.05, 4.69) is 4.98 Å². The number of hydrogen-bond acceptors (Lipinski definition) is 4. The van der Waals surface area contributed by atoms with Crippen molar-refractivity contribution >= 4 is 0 Å². The highest BCUT2D eigenvalue weighted by Gasteiger charge is 2.18. The average Bonchev–Trinajstić information content (AvgIpc) is 2.40. The predicted molar refractivity (Wildman–Crippen MR) is 70.5 cm³/mol. The van der Waals surface area contributed by atoms with Gasteiger partial charge < -0.3 is 15.2 Å². The highest BCUT2D eigenvalue weighted by molar-refractivity contribution is 5.25. The number of rotatable bonds is 5. The molecular weight excluding hydrogens is 228 g/mol. The Balaban J connectivity index is 1.94. The molecule has 4 nitrogen and oxygen atoms in total. The van der Waals surface area contributed by atoms with Gasteiger partial charge >= 0.3 is 0 Å². The van der Waals surface area contributed by atoms with Crippen LogP contribution in [0.15, 0.2) is 18.5 Å². The molecule has 2 atom stereocenters. The van der Waals surface area contributed by atoms with Crippen molar-refractivity contribution in [2.24, 2.45) is 5.73 Å². The van der Waals surface area contributed by atoms with Crippen molar-refractivity contribution in [1.82, 2.24) is 4.98 Å². The van der Waals surface area contributed by atoms with E-state index in [1.807, 2.05) is 19.2 Å². The molecule has 1 aliphatic rings. The first-order valence-corrected chi connectivity index (χ1v) is 6.74. The van der Waals surface area contributed by atoms with E-state index in [0.29, 0.717) is 12.7 Å². The highest BCUT2D eigenvalue weighted by atomic mass is 16.5. The second kappa shape index (κ2) is 6.71. The largest absolute Gasteiger partial charge is 0.492 e. The Morgan fingerprint density at radius 3 is 3.11 bits per heavy atom. The molecule has 18 heavy (non-hydrogen) atoms. The minimum Gasteiger partial charge on any atom is -0.492 e. The summed E-state index contributed by atoms with van der Waals surface area (Å²) >= 11 is 0. The zero-order valence-electron chi connectivity index (χ0n) is 11.0. The number of ether oxygens (including phenoxy) is 2. The van der Waals surface area contributed by atoms with Crippen LogP contribution in [0.25, 0.3) is 0 Å². The molecule has 1 aromatic heterocycles. The van der Waals surface area contributed by atoms with Gasteiger partial charge in [-0.15, -0.1) is 0 Å². The Morgan fingerprint density at radius 2 is 2.39 bits per heavy atom. The SMILES string of the molecule is CCOc1cncc(C(N)CC2CCCCO2)c1. The van der Waals surface area contributed by atoms with Crippen LogP contribution in [-0.2, 0) is 4.74 Å². The topological polar surface area (TPSA) is 57.4 Å². The van der Waals surface area contributed by atoms with Gasteiger partial charge in [0, 0.05) is 18.8 Å². The Morgan fingerprint density at radius 1 is 1.50 bits per heavy atom. The Kier molecular flexibility index (Phi) is 4.96. The fraction of sp³-hybridized carbons (Fsp3) is 0.643. The summed E-state index contributed by atoms with van der Waals surface area (Å²) in [7, 11) is 0. The molecule has 1 saturated heterocycles. The van der Waals surface area contributed by atoms with E-state index >= 15 is 0 Å². The van der Waals surface area contributed by atoms with Gasteiger partial charge in [-0.05, 0) is 44.2 Å². The number of nitrogens with zero attached hydrogens (tertiary/aromatic N) is 1. The van der Waals surface area contributed by atoms with Crippen molar-refractivity contribution in [2.45, 2.75) is 44.8 Å². The van der Waals surface area contributed by atoms with Crippen LogP contribution in [0.1, 0.15) is 44.2 Å². The van der Waals surface area contributed by atoms with Gasteiger partial charge in [0.15, 0.2) is 0 Å². The van der Waals surface area contributed by atoms with E-state index in [4.69, 9.17) is 15.2 Å². The molecule has 2 heterocycles. The van der Waals surface area contributed by atoms with Crippen LogP contribution in [0.3, 0.4) is 0 Å². The van der Waals surface area contributed by atoms with Crippen molar-refractivity contribution < 1.29 is 9.47 Å². The Hall–Kier alpha value is -1.13. The van der Waals surface area contributed by atoms with Crippen molar-refractivity contribution in [3.8, 4) is 5.75 Å². The lowest BCUT2D eigenvalue weighted by Crippen LogP contribution is -2.25. The van der Waals surface area contributed by atoms with Crippen molar-refractivity contribution in [1.29, 1.82) is 0 Å². The van der Waals surface area contributed by atoms with E-state index in [1.54, 1.807) is 6.20 Å². The van der Waals surface area contributed by atoms with Crippen LogP contribution in [-0.4, -0.2) is 24.3 Å². The van der Waals surface area contributed by atoms with Crippen molar-refractivity contribution in [3.63, 3.8) is 0 Å². The van der Waals surface area contributed by atoms with Gasteiger partial charge in [-0.1, -0.05) is 0 Å². The van der Waals surface area contributed by atoms with Crippen LogP contribution in [0, 0.1) is 0 Å². The van der Waals surface area contributed by atoms with Gasteiger partial charge in [0.05, 0.1) is 18.9 Å². The molecule has 0 aliphatic carbocycles. The first-order chi connectivity index (χ1) is 8.79. The summed E-state index contributed by atoms with van der Waals surface area (Å²) < 4.78 is 11.2. The van der Waals surface area contributed by atoms with Crippen LogP contribution in [0.4, 0.5) is 0 Å². The second-order valence-corrected chi connectivity index (χ2v) is 4.72. The summed E-state index contributed by atoms with van der Waals surface area (Å²) in [5.74, 6) is 0.787. The van der Waals surface area contributed by atoms with Gasteiger partial charge in [0.25, 0.3) is 0 Å². The highest BCUT2D eigenvalue weighted by Crippen LogP contribution is 2.24. The van der Waals surface area contributed by atoms with Gasteiger partial charge in [0.2, 0.25) is 0 Å². The molecule has 1 fully saturated rings. The standard InChI is InChI=1S/C14H22N2O2/c1-2-17-13-7-11(9-16-10-13)14(15)8-12-5-3-4-6-18-12/h7,9-10,12,14H,2-6,8,15H2,1H3. The van der Waals surface area contributed by atoms with Crippen molar-refractivity contribution in [2.75, 3.05) is 13.2 Å². The van der Waals surface area contributed by atoms with Gasteiger partial charge in [-0.25, -0.2) is 0 Å². The molecule has 0 radical (unpaired) electrons. The van der Waals surface area contributed by atoms with E-state index in [-0.39, 0.29) is 6.04 Å². The monoisotopic (exact) mass is 250 g/mol. The van der Waals surface area contributed by atoms with E-state index in [9.17, 15) is 0 Å².